The van der Waals surface area contributed by atoms with Crippen molar-refractivity contribution in [2.24, 2.45) is 5.92 Å². The Bertz CT molecular complexity index is 783. The van der Waals surface area contributed by atoms with Crippen LogP contribution in [0.5, 0.6) is 0 Å². The summed E-state index contributed by atoms with van der Waals surface area (Å²) in [5, 5.41) is 0. The van der Waals surface area contributed by atoms with Crippen molar-refractivity contribution in [1.29, 1.82) is 0 Å². The van der Waals surface area contributed by atoms with Crippen molar-refractivity contribution in [2.45, 2.75) is 25.8 Å². The van der Waals surface area contributed by atoms with E-state index in [1.54, 1.807) is 6.07 Å². The van der Waals surface area contributed by atoms with Crippen molar-refractivity contribution in [1.82, 2.24) is 4.98 Å². The Balaban J connectivity index is 1.60. The van der Waals surface area contributed by atoms with Crippen LogP contribution in [0.1, 0.15) is 18.9 Å². The number of hydrogen-bond acceptors (Lipinski definition) is 4. The van der Waals surface area contributed by atoms with E-state index in [9.17, 15) is 4.79 Å². The zero-order chi connectivity index (χ0) is 17.9. The topological polar surface area (TPSA) is 48.6 Å². The summed E-state index contributed by atoms with van der Waals surface area (Å²) < 4.78 is 5.44. The lowest BCUT2D eigenvalue weighted by Gasteiger charge is -2.31. The number of anilines is 2. The first kappa shape index (κ1) is 17.2. The van der Waals surface area contributed by atoms with Gasteiger partial charge in [-0.25, -0.2) is 0 Å². The van der Waals surface area contributed by atoms with Gasteiger partial charge in [-0.15, -0.1) is 0 Å². The second-order valence-corrected chi connectivity index (χ2v) is 7.52. The van der Waals surface area contributed by atoms with Gasteiger partial charge in [-0.1, -0.05) is 37.3 Å². The molecule has 2 aromatic rings. The molecule has 2 aliphatic heterocycles. The first-order valence-electron chi connectivity index (χ1n) is 9.56. The maximum absolute atomic E-state index is 12.3. The van der Waals surface area contributed by atoms with Gasteiger partial charge >= 0.3 is 0 Å². The molecule has 4 rings (SSSR count). The van der Waals surface area contributed by atoms with Crippen LogP contribution in [-0.2, 0) is 11.2 Å². The molecule has 0 bridgehead atoms. The van der Waals surface area contributed by atoms with Crippen LogP contribution >= 0.6 is 0 Å². The van der Waals surface area contributed by atoms with Crippen LogP contribution < -0.4 is 15.4 Å². The predicted octanol–water partition coefficient (Wildman–Crippen LogP) is 2.67. The van der Waals surface area contributed by atoms with E-state index in [0.717, 1.165) is 57.2 Å². The van der Waals surface area contributed by atoms with Gasteiger partial charge in [-0.05, 0) is 24.3 Å². The van der Waals surface area contributed by atoms with Crippen molar-refractivity contribution < 1.29 is 4.74 Å². The summed E-state index contributed by atoms with van der Waals surface area (Å²) in [7, 11) is 0. The fraction of sp³-hybridized carbons (Fsp3) is 0.476. The van der Waals surface area contributed by atoms with Gasteiger partial charge in [-0.3, -0.25) is 4.79 Å². The zero-order valence-electron chi connectivity index (χ0n) is 15.4. The Morgan fingerprint density at radius 1 is 1.15 bits per heavy atom. The number of morpholine rings is 1. The summed E-state index contributed by atoms with van der Waals surface area (Å²) in [6.07, 6.45) is 2.16. The molecule has 2 atom stereocenters. The number of hydrogen-bond donors (Lipinski definition) is 1. The average Bonchev–Trinajstić information content (AvgIpc) is 3.03. The molecule has 138 valence electrons. The zero-order valence-corrected chi connectivity index (χ0v) is 15.4. The van der Waals surface area contributed by atoms with Gasteiger partial charge in [0.25, 0.3) is 5.56 Å². The molecule has 1 aromatic carbocycles. The van der Waals surface area contributed by atoms with Gasteiger partial charge in [0.15, 0.2) is 0 Å². The van der Waals surface area contributed by atoms with Crippen LogP contribution in [0.25, 0.3) is 0 Å². The van der Waals surface area contributed by atoms with Crippen molar-refractivity contribution in [2.75, 3.05) is 42.6 Å². The molecule has 26 heavy (non-hydrogen) atoms. The van der Waals surface area contributed by atoms with E-state index in [0.29, 0.717) is 12.0 Å². The first-order chi connectivity index (χ1) is 12.7. The summed E-state index contributed by atoms with van der Waals surface area (Å²) in [4.78, 5) is 20.0. The van der Waals surface area contributed by atoms with Gasteiger partial charge in [0.2, 0.25) is 0 Å². The minimum Gasteiger partial charge on any atom is -0.378 e. The third kappa shape index (κ3) is 3.78. The Morgan fingerprint density at radius 2 is 1.92 bits per heavy atom. The van der Waals surface area contributed by atoms with Gasteiger partial charge in [-0.2, -0.15) is 0 Å². The van der Waals surface area contributed by atoms with Gasteiger partial charge in [0, 0.05) is 43.5 Å². The number of nitrogens with one attached hydrogen (secondary N) is 1. The molecular formula is C21H27N3O2. The normalized spacial score (nSPS) is 23.4. The molecule has 1 N–H and O–H groups in total. The molecule has 2 saturated heterocycles. The lowest BCUT2D eigenvalue weighted by atomic mass is 10.0. The smallest absolute Gasteiger partial charge is 0.251 e. The molecule has 2 fully saturated rings. The number of benzene rings is 1. The van der Waals surface area contributed by atoms with Crippen molar-refractivity contribution in [3.63, 3.8) is 0 Å². The fourth-order valence-electron chi connectivity index (χ4n) is 4.20. The highest BCUT2D eigenvalue weighted by atomic mass is 16.5. The number of rotatable bonds is 4. The molecule has 3 heterocycles. The quantitative estimate of drug-likeness (QED) is 0.918. The van der Waals surface area contributed by atoms with Crippen LogP contribution in [0.4, 0.5) is 11.5 Å². The maximum atomic E-state index is 12.3. The van der Waals surface area contributed by atoms with Crippen LogP contribution in [0.15, 0.2) is 47.3 Å². The molecule has 0 saturated carbocycles. The molecule has 0 spiro atoms. The average molecular weight is 353 g/mol. The van der Waals surface area contributed by atoms with Crippen LogP contribution in [0.2, 0.25) is 0 Å². The van der Waals surface area contributed by atoms with Crippen LogP contribution in [0.3, 0.4) is 0 Å². The highest BCUT2D eigenvalue weighted by Gasteiger charge is 2.30. The predicted molar refractivity (Wildman–Crippen MR) is 105 cm³/mol. The number of aromatic amines is 1. The standard InChI is InChI=1S/C21H27N3O2/c1-16-11-19(12-17-5-3-2-4-6-17)24(15-16)20-13-18(14-21(25)22-20)23-7-9-26-10-8-23/h2-6,13-14,16,19H,7-12,15H2,1H3,(H,22,25)/t16?,19-/m1/s1. The van der Waals surface area contributed by atoms with E-state index < -0.39 is 0 Å². The lowest BCUT2D eigenvalue weighted by molar-refractivity contribution is 0.122. The Kier molecular flexibility index (Phi) is 4.98. The van der Waals surface area contributed by atoms with Crippen molar-refractivity contribution in [3.05, 3.63) is 58.4 Å². The molecule has 0 amide bonds. The highest BCUT2D eigenvalue weighted by Crippen LogP contribution is 2.31. The second-order valence-electron chi connectivity index (χ2n) is 7.52. The van der Waals surface area contributed by atoms with Gasteiger partial charge in [0.1, 0.15) is 5.82 Å². The Morgan fingerprint density at radius 3 is 2.69 bits per heavy atom. The SMILES string of the molecule is CC1C[C@H](Cc2ccccc2)N(c2cc(N3CCOCC3)cc(=O)[nH]2)C1. The van der Waals surface area contributed by atoms with Crippen LogP contribution in [-0.4, -0.2) is 43.9 Å². The monoisotopic (exact) mass is 353 g/mol. The number of ether oxygens (including phenoxy) is 1. The second kappa shape index (κ2) is 7.54. The van der Waals surface area contributed by atoms with Crippen molar-refractivity contribution in [3.8, 4) is 0 Å². The number of nitrogens with zero attached hydrogens (tertiary/aromatic N) is 2. The van der Waals surface area contributed by atoms with E-state index in [2.05, 4.69) is 58.1 Å². The van der Waals surface area contributed by atoms with Crippen LogP contribution in [0, 0.1) is 5.92 Å². The fourth-order valence-corrected chi connectivity index (χ4v) is 4.20. The largest absolute Gasteiger partial charge is 0.378 e. The summed E-state index contributed by atoms with van der Waals surface area (Å²) in [5.41, 5.74) is 2.33. The van der Waals surface area contributed by atoms with E-state index >= 15 is 0 Å². The summed E-state index contributed by atoms with van der Waals surface area (Å²) >= 11 is 0. The van der Waals surface area contributed by atoms with Gasteiger partial charge in [0.05, 0.1) is 13.2 Å². The molecule has 1 aromatic heterocycles. The number of pyridine rings is 1. The minimum atomic E-state index is -0.0259. The van der Waals surface area contributed by atoms with E-state index in [1.807, 2.05) is 0 Å². The third-order valence-electron chi connectivity index (χ3n) is 5.44. The minimum absolute atomic E-state index is 0.0259. The molecule has 5 heteroatoms. The highest BCUT2D eigenvalue weighted by molar-refractivity contribution is 5.56. The maximum Gasteiger partial charge on any atom is 0.251 e. The first-order valence-corrected chi connectivity index (χ1v) is 9.56. The number of aromatic nitrogens is 1. The van der Waals surface area contributed by atoms with E-state index in [-0.39, 0.29) is 5.56 Å². The molecule has 0 radical (unpaired) electrons. The lowest BCUT2D eigenvalue weighted by Crippen LogP contribution is -2.38. The molecule has 1 unspecified atom stereocenters. The molecule has 0 aliphatic carbocycles. The van der Waals surface area contributed by atoms with E-state index in [1.165, 1.54) is 5.56 Å². The van der Waals surface area contributed by atoms with Crippen molar-refractivity contribution >= 4 is 11.5 Å². The molecular weight excluding hydrogens is 326 g/mol. The number of H-pyrrole nitrogens is 1. The van der Waals surface area contributed by atoms with E-state index in [4.69, 9.17) is 4.74 Å². The molecule has 2 aliphatic rings. The third-order valence-corrected chi connectivity index (χ3v) is 5.44. The summed E-state index contributed by atoms with van der Waals surface area (Å²) in [6, 6.07) is 14.9. The molecule has 5 nitrogen and oxygen atoms in total. The Hall–Kier alpha value is -2.27. The summed E-state index contributed by atoms with van der Waals surface area (Å²) in [6.45, 7) is 6.40. The van der Waals surface area contributed by atoms with Gasteiger partial charge < -0.3 is 19.5 Å². The summed E-state index contributed by atoms with van der Waals surface area (Å²) in [5.74, 6) is 1.57. The Labute approximate surface area is 154 Å².